The quantitative estimate of drug-likeness (QED) is 0.942. The number of hydrogen-bond acceptors (Lipinski definition) is 3. The van der Waals surface area contributed by atoms with Gasteiger partial charge in [0.05, 0.1) is 18.7 Å². The van der Waals surface area contributed by atoms with Crippen LogP contribution in [0.4, 0.5) is 4.39 Å². The van der Waals surface area contributed by atoms with Gasteiger partial charge in [0.25, 0.3) is 5.91 Å². The molecule has 5 heteroatoms. The third-order valence-corrected chi connectivity index (χ3v) is 4.50. The predicted octanol–water partition coefficient (Wildman–Crippen LogP) is 3.14. The van der Waals surface area contributed by atoms with Gasteiger partial charge in [-0.15, -0.1) is 0 Å². The highest BCUT2D eigenvalue weighted by atomic mass is 19.1. The minimum absolute atomic E-state index is 0.184. The molecule has 2 aromatic rings. The van der Waals surface area contributed by atoms with Crippen molar-refractivity contribution >= 4 is 5.91 Å². The Bertz CT molecular complexity index is 735. The zero-order valence-corrected chi connectivity index (χ0v) is 13.6. The van der Waals surface area contributed by atoms with Gasteiger partial charge in [0.15, 0.2) is 0 Å². The Morgan fingerprint density at radius 1 is 1.21 bits per heavy atom. The summed E-state index contributed by atoms with van der Waals surface area (Å²) in [5.41, 5.74) is 7.20. The van der Waals surface area contributed by atoms with Crippen molar-refractivity contribution in [3.63, 3.8) is 0 Å². The number of nitrogens with two attached hydrogens (primary N) is 1. The minimum Gasteiger partial charge on any atom is -0.496 e. The molecule has 1 saturated heterocycles. The first kappa shape index (κ1) is 16.5. The van der Waals surface area contributed by atoms with E-state index in [0.717, 1.165) is 12.8 Å². The standard InChI is InChI=1S/C19H21FN2O2/c1-24-17-11-5-3-8-14(17)19(23)22-12-6-10-16(21)18(22)13-7-2-4-9-15(13)20/h2-5,7-9,11,16,18H,6,10,12,21H2,1H3/t16-,18+/m1/s1. The van der Waals surface area contributed by atoms with Crippen LogP contribution in [0.5, 0.6) is 5.75 Å². The van der Waals surface area contributed by atoms with Crippen LogP contribution in [0.2, 0.25) is 0 Å². The van der Waals surface area contributed by atoms with Crippen LogP contribution in [0.1, 0.15) is 34.8 Å². The maximum absolute atomic E-state index is 14.3. The highest BCUT2D eigenvalue weighted by Gasteiger charge is 2.36. The van der Waals surface area contributed by atoms with Crippen molar-refractivity contribution in [2.45, 2.75) is 24.9 Å². The number of ether oxygens (including phenoxy) is 1. The molecule has 126 valence electrons. The highest BCUT2D eigenvalue weighted by molar-refractivity contribution is 5.97. The second kappa shape index (κ2) is 7.01. The number of carbonyl (C=O) groups is 1. The lowest BCUT2D eigenvalue weighted by atomic mass is 9.90. The van der Waals surface area contributed by atoms with E-state index in [0.29, 0.717) is 23.4 Å². The fraction of sp³-hybridized carbons (Fsp3) is 0.316. The van der Waals surface area contributed by atoms with E-state index in [1.807, 2.05) is 6.07 Å². The Kier molecular flexibility index (Phi) is 4.81. The molecule has 0 aliphatic carbocycles. The van der Waals surface area contributed by atoms with Crippen LogP contribution < -0.4 is 10.5 Å². The Labute approximate surface area is 141 Å². The third-order valence-electron chi connectivity index (χ3n) is 4.50. The number of para-hydroxylation sites is 1. The number of piperidine rings is 1. The van der Waals surface area contributed by atoms with Gasteiger partial charge in [-0.2, -0.15) is 0 Å². The molecule has 3 rings (SSSR count). The molecular weight excluding hydrogens is 307 g/mol. The Balaban J connectivity index is 2.00. The SMILES string of the molecule is COc1ccccc1C(=O)N1CCC[C@@H](N)[C@@H]1c1ccccc1F. The first-order chi connectivity index (χ1) is 11.6. The van der Waals surface area contributed by atoms with Gasteiger partial charge in [0.1, 0.15) is 11.6 Å². The largest absolute Gasteiger partial charge is 0.496 e. The zero-order valence-electron chi connectivity index (χ0n) is 13.6. The fourth-order valence-corrected chi connectivity index (χ4v) is 3.34. The summed E-state index contributed by atoms with van der Waals surface area (Å²) in [5, 5.41) is 0. The van der Waals surface area contributed by atoms with Crippen molar-refractivity contribution in [3.05, 3.63) is 65.5 Å². The van der Waals surface area contributed by atoms with Crippen molar-refractivity contribution in [1.82, 2.24) is 4.90 Å². The summed E-state index contributed by atoms with van der Waals surface area (Å²) in [7, 11) is 1.53. The molecule has 24 heavy (non-hydrogen) atoms. The van der Waals surface area contributed by atoms with Gasteiger partial charge in [-0.05, 0) is 31.0 Å². The first-order valence-electron chi connectivity index (χ1n) is 8.07. The average Bonchev–Trinajstić information content (AvgIpc) is 2.61. The molecule has 0 bridgehead atoms. The highest BCUT2D eigenvalue weighted by Crippen LogP contribution is 2.34. The fourth-order valence-electron chi connectivity index (χ4n) is 3.34. The lowest BCUT2D eigenvalue weighted by Crippen LogP contribution is -2.48. The number of hydrogen-bond donors (Lipinski definition) is 1. The van der Waals surface area contributed by atoms with Crippen LogP contribution in [0, 0.1) is 5.82 Å². The molecule has 0 spiro atoms. The predicted molar refractivity (Wildman–Crippen MR) is 90.4 cm³/mol. The second-order valence-corrected chi connectivity index (χ2v) is 5.97. The van der Waals surface area contributed by atoms with Gasteiger partial charge in [0, 0.05) is 18.2 Å². The summed E-state index contributed by atoms with van der Waals surface area (Å²) < 4.78 is 19.6. The van der Waals surface area contributed by atoms with Crippen LogP contribution in [0.25, 0.3) is 0 Å². The van der Waals surface area contributed by atoms with Crippen LogP contribution in [-0.2, 0) is 0 Å². The molecule has 1 aliphatic heterocycles. The van der Waals surface area contributed by atoms with Gasteiger partial charge < -0.3 is 15.4 Å². The van der Waals surface area contributed by atoms with E-state index in [2.05, 4.69) is 0 Å². The Morgan fingerprint density at radius 2 is 1.92 bits per heavy atom. The van der Waals surface area contributed by atoms with Crippen LogP contribution in [0.15, 0.2) is 48.5 Å². The van der Waals surface area contributed by atoms with Crippen LogP contribution >= 0.6 is 0 Å². The molecule has 0 unspecified atom stereocenters. The van der Waals surface area contributed by atoms with E-state index >= 15 is 0 Å². The summed E-state index contributed by atoms with van der Waals surface area (Å²) in [6.07, 6.45) is 1.56. The summed E-state index contributed by atoms with van der Waals surface area (Å²) in [4.78, 5) is 14.8. The second-order valence-electron chi connectivity index (χ2n) is 5.97. The van der Waals surface area contributed by atoms with Gasteiger partial charge >= 0.3 is 0 Å². The zero-order chi connectivity index (χ0) is 17.1. The number of amides is 1. The summed E-state index contributed by atoms with van der Waals surface area (Å²) in [5.74, 6) is -0.0116. The number of nitrogens with zero attached hydrogens (tertiary/aromatic N) is 1. The number of rotatable bonds is 3. The van der Waals surface area contributed by atoms with Gasteiger partial charge in [-0.3, -0.25) is 4.79 Å². The van der Waals surface area contributed by atoms with Crippen molar-refractivity contribution < 1.29 is 13.9 Å². The topological polar surface area (TPSA) is 55.6 Å². The van der Waals surface area contributed by atoms with Crippen LogP contribution in [0.3, 0.4) is 0 Å². The molecule has 2 aromatic carbocycles. The number of carbonyl (C=O) groups excluding carboxylic acids is 1. The molecule has 0 radical (unpaired) electrons. The van der Waals surface area contributed by atoms with E-state index in [1.54, 1.807) is 41.3 Å². The number of likely N-dealkylation sites (tertiary alicyclic amines) is 1. The van der Waals surface area contributed by atoms with Crippen molar-refractivity contribution in [3.8, 4) is 5.75 Å². The number of benzene rings is 2. The first-order valence-corrected chi connectivity index (χ1v) is 8.07. The van der Waals surface area contributed by atoms with Crippen molar-refractivity contribution in [2.75, 3.05) is 13.7 Å². The number of methoxy groups -OCH3 is 1. The molecule has 0 saturated carbocycles. The summed E-state index contributed by atoms with van der Waals surface area (Å²) in [6, 6.07) is 12.8. The van der Waals surface area contributed by atoms with Crippen LogP contribution in [-0.4, -0.2) is 30.5 Å². The van der Waals surface area contributed by atoms with E-state index in [1.165, 1.54) is 13.2 Å². The maximum atomic E-state index is 14.3. The molecule has 1 fully saturated rings. The third kappa shape index (κ3) is 2.99. The molecule has 1 amide bonds. The number of halogens is 1. The lowest BCUT2D eigenvalue weighted by molar-refractivity contribution is 0.0568. The van der Waals surface area contributed by atoms with E-state index < -0.39 is 6.04 Å². The van der Waals surface area contributed by atoms with Crippen molar-refractivity contribution in [2.24, 2.45) is 5.73 Å². The van der Waals surface area contributed by atoms with Gasteiger partial charge in [-0.1, -0.05) is 30.3 Å². The normalized spacial score (nSPS) is 20.7. The monoisotopic (exact) mass is 328 g/mol. The summed E-state index contributed by atoms with van der Waals surface area (Å²) in [6.45, 7) is 0.545. The molecular formula is C19H21FN2O2. The lowest BCUT2D eigenvalue weighted by Gasteiger charge is -2.40. The van der Waals surface area contributed by atoms with Gasteiger partial charge in [0.2, 0.25) is 0 Å². The molecule has 1 heterocycles. The maximum Gasteiger partial charge on any atom is 0.258 e. The Morgan fingerprint density at radius 3 is 2.67 bits per heavy atom. The van der Waals surface area contributed by atoms with E-state index in [9.17, 15) is 9.18 Å². The molecule has 0 aromatic heterocycles. The van der Waals surface area contributed by atoms with E-state index in [4.69, 9.17) is 10.5 Å². The van der Waals surface area contributed by atoms with E-state index in [-0.39, 0.29) is 17.8 Å². The molecule has 2 atom stereocenters. The van der Waals surface area contributed by atoms with Crippen molar-refractivity contribution in [1.29, 1.82) is 0 Å². The molecule has 2 N–H and O–H groups in total. The summed E-state index contributed by atoms with van der Waals surface area (Å²) >= 11 is 0. The molecule has 1 aliphatic rings. The Hall–Kier alpha value is -2.40. The molecule has 4 nitrogen and oxygen atoms in total. The minimum atomic E-state index is -0.475. The average molecular weight is 328 g/mol. The smallest absolute Gasteiger partial charge is 0.258 e. The van der Waals surface area contributed by atoms with Gasteiger partial charge in [-0.25, -0.2) is 4.39 Å².